The van der Waals surface area contributed by atoms with E-state index in [9.17, 15) is 0 Å². The first-order valence-corrected chi connectivity index (χ1v) is 4.71. The third-order valence-corrected chi connectivity index (χ3v) is 3.05. The zero-order valence-electron chi connectivity index (χ0n) is 7.87. The van der Waals surface area contributed by atoms with E-state index in [1.807, 2.05) is 0 Å². The highest BCUT2D eigenvalue weighted by Gasteiger charge is 2.35. The molecule has 3 rings (SSSR count). The van der Waals surface area contributed by atoms with E-state index in [-0.39, 0.29) is 12.2 Å². The highest BCUT2D eigenvalue weighted by molar-refractivity contribution is 5.50. The minimum absolute atomic E-state index is 0.236. The van der Waals surface area contributed by atoms with E-state index in [4.69, 9.17) is 4.74 Å². The molecule has 0 aliphatic carbocycles. The second kappa shape index (κ2) is 2.24. The van der Waals surface area contributed by atoms with Gasteiger partial charge in [0.25, 0.3) is 0 Å². The quantitative estimate of drug-likeness (QED) is 0.547. The zero-order chi connectivity index (χ0) is 9.00. The molecular formula is C12H12O. The Kier molecular flexibility index (Phi) is 1.26. The fourth-order valence-corrected chi connectivity index (χ4v) is 2.39. The van der Waals surface area contributed by atoms with Crippen LogP contribution in [-0.4, -0.2) is 0 Å². The summed E-state index contributed by atoms with van der Waals surface area (Å²) in [6.07, 6.45) is 4.80. The molecule has 1 aromatic rings. The van der Waals surface area contributed by atoms with Crippen LogP contribution in [0.4, 0.5) is 0 Å². The summed E-state index contributed by atoms with van der Waals surface area (Å²) in [4.78, 5) is 0. The van der Waals surface area contributed by atoms with Crippen LogP contribution in [0.2, 0.25) is 0 Å². The Morgan fingerprint density at radius 3 is 1.85 bits per heavy atom. The molecule has 2 unspecified atom stereocenters. The fourth-order valence-electron chi connectivity index (χ4n) is 2.39. The van der Waals surface area contributed by atoms with Gasteiger partial charge in [0, 0.05) is 0 Å². The maximum Gasteiger partial charge on any atom is 0.103 e. The monoisotopic (exact) mass is 172 g/mol. The first-order valence-electron chi connectivity index (χ1n) is 4.71. The number of hydrogen-bond acceptors (Lipinski definition) is 1. The van der Waals surface area contributed by atoms with Crippen molar-refractivity contribution in [3.05, 3.63) is 46.5 Å². The molecule has 0 saturated carbocycles. The number of fused-ring (bicyclic) bond motifs is 5. The van der Waals surface area contributed by atoms with Gasteiger partial charge < -0.3 is 4.74 Å². The van der Waals surface area contributed by atoms with Crippen molar-refractivity contribution in [2.75, 3.05) is 0 Å². The molecule has 0 fully saturated rings. The number of rotatable bonds is 0. The van der Waals surface area contributed by atoms with E-state index in [2.05, 4.69) is 38.1 Å². The largest absolute Gasteiger partial charge is 0.357 e. The second-order valence-electron chi connectivity index (χ2n) is 3.89. The summed E-state index contributed by atoms with van der Waals surface area (Å²) >= 11 is 0. The second-order valence-corrected chi connectivity index (χ2v) is 3.89. The summed E-state index contributed by atoms with van der Waals surface area (Å²) in [5.74, 6) is 0. The smallest absolute Gasteiger partial charge is 0.103 e. The first kappa shape index (κ1) is 7.34. The maximum absolute atomic E-state index is 5.79. The lowest BCUT2D eigenvalue weighted by Crippen LogP contribution is -1.98. The molecule has 2 aliphatic rings. The number of benzene rings is 1. The van der Waals surface area contributed by atoms with Crippen molar-refractivity contribution < 1.29 is 4.74 Å². The van der Waals surface area contributed by atoms with E-state index in [1.165, 1.54) is 22.3 Å². The van der Waals surface area contributed by atoms with Gasteiger partial charge in [0.15, 0.2) is 0 Å². The van der Waals surface area contributed by atoms with Gasteiger partial charge in [0.05, 0.1) is 0 Å². The number of aryl methyl sites for hydroxylation is 2. The summed E-state index contributed by atoms with van der Waals surface area (Å²) in [6.45, 7) is 4.33. The van der Waals surface area contributed by atoms with Crippen LogP contribution >= 0.6 is 0 Å². The molecule has 0 amide bonds. The highest BCUT2D eigenvalue weighted by atomic mass is 16.5. The van der Waals surface area contributed by atoms with Gasteiger partial charge in [0.2, 0.25) is 0 Å². The molecule has 0 aromatic heterocycles. The molecule has 0 N–H and O–H groups in total. The average molecular weight is 172 g/mol. The van der Waals surface area contributed by atoms with Crippen molar-refractivity contribution in [3.8, 4) is 0 Å². The van der Waals surface area contributed by atoms with Crippen LogP contribution in [0.3, 0.4) is 0 Å². The third-order valence-electron chi connectivity index (χ3n) is 3.05. The van der Waals surface area contributed by atoms with E-state index in [0.29, 0.717) is 0 Å². The van der Waals surface area contributed by atoms with Crippen LogP contribution in [0, 0.1) is 13.8 Å². The van der Waals surface area contributed by atoms with Gasteiger partial charge in [-0.2, -0.15) is 0 Å². The molecule has 2 aliphatic heterocycles. The van der Waals surface area contributed by atoms with Crippen LogP contribution in [0.5, 0.6) is 0 Å². The normalized spacial score (nSPS) is 28.2. The Morgan fingerprint density at radius 2 is 1.38 bits per heavy atom. The molecular weight excluding hydrogens is 160 g/mol. The molecule has 2 atom stereocenters. The van der Waals surface area contributed by atoms with Gasteiger partial charge in [-0.3, -0.25) is 0 Å². The summed E-state index contributed by atoms with van der Waals surface area (Å²) in [7, 11) is 0. The predicted octanol–water partition coefficient (Wildman–Crippen LogP) is 2.99. The van der Waals surface area contributed by atoms with Crippen LogP contribution in [0.15, 0.2) is 24.3 Å². The van der Waals surface area contributed by atoms with Gasteiger partial charge >= 0.3 is 0 Å². The van der Waals surface area contributed by atoms with Gasteiger partial charge in [-0.25, -0.2) is 0 Å². The summed E-state index contributed by atoms with van der Waals surface area (Å²) < 4.78 is 5.79. The Bertz CT molecular complexity index is 367. The third kappa shape index (κ3) is 0.802. The summed E-state index contributed by atoms with van der Waals surface area (Å²) in [5.41, 5.74) is 5.54. The molecule has 0 radical (unpaired) electrons. The van der Waals surface area contributed by atoms with Crippen molar-refractivity contribution in [2.45, 2.75) is 26.1 Å². The molecule has 1 heteroatoms. The molecule has 1 aromatic carbocycles. The Hall–Kier alpha value is -1.08. The molecule has 1 nitrogen and oxygen atoms in total. The topological polar surface area (TPSA) is 9.23 Å². The molecule has 0 saturated heterocycles. The maximum atomic E-state index is 5.79. The SMILES string of the molecule is Cc1ccc(C)c2c1C1C=CC2O1. The van der Waals surface area contributed by atoms with Gasteiger partial charge in [-0.1, -0.05) is 24.3 Å². The minimum Gasteiger partial charge on any atom is -0.357 e. The van der Waals surface area contributed by atoms with Crippen molar-refractivity contribution in [2.24, 2.45) is 0 Å². The van der Waals surface area contributed by atoms with E-state index in [1.54, 1.807) is 0 Å². The van der Waals surface area contributed by atoms with Gasteiger partial charge in [-0.05, 0) is 36.1 Å². The van der Waals surface area contributed by atoms with E-state index in [0.717, 1.165) is 0 Å². The lowest BCUT2D eigenvalue weighted by atomic mass is 9.90. The standard InChI is InChI=1S/C12H12O/c1-7-3-4-8(2)12-10-6-5-9(13-10)11(7)12/h3-6,9-10H,1-2H3. The van der Waals surface area contributed by atoms with Crippen molar-refractivity contribution in [3.63, 3.8) is 0 Å². The van der Waals surface area contributed by atoms with Crippen LogP contribution in [0.1, 0.15) is 34.5 Å². The number of hydrogen-bond donors (Lipinski definition) is 0. The first-order chi connectivity index (χ1) is 6.27. The zero-order valence-corrected chi connectivity index (χ0v) is 7.87. The summed E-state index contributed by atoms with van der Waals surface area (Å²) in [6, 6.07) is 4.37. The number of ether oxygens (including phenoxy) is 1. The Morgan fingerprint density at radius 1 is 0.923 bits per heavy atom. The molecule has 0 spiro atoms. The van der Waals surface area contributed by atoms with Crippen LogP contribution in [0.25, 0.3) is 0 Å². The van der Waals surface area contributed by atoms with Crippen molar-refractivity contribution in [1.82, 2.24) is 0 Å². The predicted molar refractivity (Wildman–Crippen MR) is 51.6 cm³/mol. The lowest BCUT2D eigenvalue weighted by molar-refractivity contribution is 0.0875. The molecule has 13 heavy (non-hydrogen) atoms. The van der Waals surface area contributed by atoms with E-state index < -0.39 is 0 Å². The molecule has 66 valence electrons. The van der Waals surface area contributed by atoms with Gasteiger partial charge in [-0.15, -0.1) is 0 Å². The van der Waals surface area contributed by atoms with Gasteiger partial charge in [0.1, 0.15) is 12.2 Å². The molecule has 2 heterocycles. The Labute approximate surface area is 78.0 Å². The van der Waals surface area contributed by atoms with Crippen LogP contribution in [-0.2, 0) is 4.74 Å². The van der Waals surface area contributed by atoms with Crippen molar-refractivity contribution in [1.29, 1.82) is 0 Å². The highest BCUT2D eigenvalue weighted by Crippen LogP contribution is 2.48. The van der Waals surface area contributed by atoms with Crippen molar-refractivity contribution >= 4 is 0 Å². The molecule has 2 bridgehead atoms. The van der Waals surface area contributed by atoms with Crippen LogP contribution < -0.4 is 0 Å². The average Bonchev–Trinajstić information content (AvgIpc) is 2.70. The van der Waals surface area contributed by atoms with E-state index >= 15 is 0 Å². The minimum atomic E-state index is 0.236. The summed E-state index contributed by atoms with van der Waals surface area (Å²) in [5, 5.41) is 0. The Balaban J connectivity index is 2.33. The fraction of sp³-hybridized carbons (Fsp3) is 0.333. The lowest BCUT2D eigenvalue weighted by Gasteiger charge is -2.12.